The molecule has 0 aliphatic carbocycles. The summed E-state index contributed by atoms with van der Waals surface area (Å²) in [6.45, 7) is 14.6. The van der Waals surface area contributed by atoms with E-state index < -0.39 is 0 Å². The first-order valence-corrected chi connectivity index (χ1v) is 6.77. The van der Waals surface area contributed by atoms with E-state index in [2.05, 4.69) is 26.3 Å². The zero-order chi connectivity index (χ0) is 13.2. The van der Waals surface area contributed by atoms with Gasteiger partial charge in [0.05, 0.1) is 0 Å². The average molecular weight is 234 g/mol. The second kappa shape index (κ2) is 20.4. The fourth-order valence-corrected chi connectivity index (χ4v) is 1.34. The average Bonchev–Trinajstić information content (AvgIpc) is 2.35. The number of hydrogen-bond acceptors (Lipinski definition) is 0. The van der Waals surface area contributed by atoms with Crippen LogP contribution in [0.15, 0.2) is 50.6 Å². The van der Waals surface area contributed by atoms with Crippen molar-refractivity contribution in [3.8, 4) is 0 Å². The molecule has 0 unspecified atom stereocenters. The zero-order valence-electron chi connectivity index (χ0n) is 11.5. The second-order valence-electron chi connectivity index (χ2n) is 4.08. The highest BCUT2D eigenvalue weighted by atomic mass is 13.9. The van der Waals surface area contributed by atoms with E-state index in [-0.39, 0.29) is 0 Å². The highest BCUT2D eigenvalue weighted by Gasteiger charge is 1.85. The lowest BCUT2D eigenvalue weighted by Gasteiger charge is -1.95. The van der Waals surface area contributed by atoms with Crippen LogP contribution in [0.2, 0.25) is 0 Å². The van der Waals surface area contributed by atoms with Crippen LogP contribution >= 0.6 is 0 Å². The van der Waals surface area contributed by atoms with Crippen molar-refractivity contribution in [2.75, 3.05) is 0 Å². The van der Waals surface area contributed by atoms with Crippen LogP contribution in [0.5, 0.6) is 0 Å². The number of allylic oxidation sites excluding steroid dienone is 4. The monoisotopic (exact) mass is 234 g/mol. The van der Waals surface area contributed by atoms with Crippen molar-refractivity contribution in [1.29, 1.82) is 0 Å². The van der Waals surface area contributed by atoms with Gasteiger partial charge in [-0.05, 0) is 44.9 Å². The van der Waals surface area contributed by atoms with Gasteiger partial charge in [0.2, 0.25) is 0 Å². The van der Waals surface area contributed by atoms with E-state index in [0.717, 1.165) is 12.8 Å². The molecule has 0 radical (unpaired) electrons. The standard InChI is InChI=1S/C10H18.C7H12/c1-3-5-7-9-10-8-6-4-2;1-3-5-7-6-4-2/h3-4H,1-2,5-10H2;3-4H,1-2,5-7H2. The molecule has 0 fully saturated rings. The lowest BCUT2D eigenvalue weighted by molar-refractivity contribution is 0.653. The maximum Gasteiger partial charge on any atom is -0.0350 e. The minimum Gasteiger partial charge on any atom is -0.103 e. The third-order valence-electron chi connectivity index (χ3n) is 2.38. The molecule has 0 amide bonds. The third kappa shape index (κ3) is 25.3. The Hall–Kier alpha value is -1.04. The van der Waals surface area contributed by atoms with E-state index in [9.17, 15) is 0 Å². The van der Waals surface area contributed by atoms with E-state index in [1.807, 2.05) is 24.3 Å². The summed E-state index contributed by atoms with van der Waals surface area (Å²) in [6, 6.07) is 0. The van der Waals surface area contributed by atoms with Gasteiger partial charge < -0.3 is 0 Å². The van der Waals surface area contributed by atoms with Crippen molar-refractivity contribution in [3.63, 3.8) is 0 Å². The first-order valence-electron chi connectivity index (χ1n) is 6.77. The summed E-state index contributed by atoms with van der Waals surface area (Å²) in [5.41, 5.74) is 0. The maximum atomic E-state index is 3.68. The summed E-state index contributed by atoms with van der Waals surface area (Å²) in [5.74, 6) is 0. The molecule has 0 bridgehead atoms. The van der Waals surface area contributed by atoms with Gasteiger partial charge in [-0.25, -0.2) is 0 Å². The molecule has 0 saturated heterocycles. The Morgan fingerprint density at radius 2 is 0.706 bits per heavy atom. The van der Waals surface area contributed by atoms with Crippen LogP contribution in [-0.2, 0) is 0 Å². The van der Waals surface area contributed by atoms with Crippen LogP contribution in [0.4, 0.5) is 0 Å². The van der Waals surface area contributed by atoms with E-state index in [4.69, 9.17) is 0 Å². The Kier molecular flexibility index (Phi) is 22.0. The third-order valence-corrected chi connectivity index (χ3v) is 2.38. The molecule has 0 saturated carbocycles. The van der Waals surface area contributed by atoms with Crippen molar-refractivity contribution >= 4 is 0 Å². The molecule has 0 heterocycles. The van der Waals surface area contributed by atoms with Crippen LogP contribution in [-0.4, -0.2) is 0 Å². The summed E-state index contributed by atoms with van der Waals surface area (Å²) < 4.78 is 0. The van der Waals surface area contributed by atoms with Gasteiger partial charge in [-0.15, -0.1) is 26.3 Å². The number of rotatable bonds is 11. The molecule has 0 nitrogen and oxygen atoms in total. The topological polar surface area (TPSA) is 0 Å². The summed E-state index contributed by atoms with van der Waals surface area (Å²) in [6.07, 6.45) is 18.9. The molecular formula is C17H30. The molecule has 0 aromatic heterocycles. The summed E-state index contributed by atoms with van der Waals surface area (Å²) in [4.78, 5) is 0. The van der Waals surface area contributed by atoms with Crippen LogP contribution in [0.1, 0.15) is 57.8 Å². The molecular weight excluding hydrogens is 204 g/mol. The molecule has 17 heavy (non-hydrogen) atoms. The highest BCUT2D eigenvalue weighted by molar-refractivity contribution is 4.71. The van der Waals surface area contributed by atoms with Gasteiger partial charge in [0, 0.05) is 0 Å². The molecule has 0 aromatic rings. The van der Waals surface area contributed by atoms with E-state index in [1.165, 1.54) is 44.9 Å². The van der Waals surface area contributed by atoms with Crippen LogP contribution < -0.4 is 0 Å². The normalized spacial score (nSPS) is 8.71. The molecule has 0 aliphatic heterocycles. The van der Waals surface area contributed by atoms with Gasteiger partial charge in [-0.3, -0.25) is 0 Å². The van der Waals surface area contributed by atoms with E-state index in [0.29, 0.717) is 0 Å². The minimum atomic E-state index is 1.12. The largest absolute Gasteiger partial charge is 0.103 e. The molecule has 0 N–H and O–H groups in total. The lowest BCUT2D eigenvalue weighted by atomic mass is 10.1. The quantitative estimate of drug-likeness (QED) is 0.294. The lowest BCUT2D eigenvalue weighted by Crippen LogP contribution is -1.75. The number of hydrogen-bond donors (Lipinski definition) is 0. The Morgan fingerprint density at radius 1 is 0.412 bits per heavy atom. The smallest absolute Gasteiger partial charge is 0.0350 e. The fraction of sp³-hybridized carbons (Fsp3) is 0.529. The molecule has 0 aromatic carbocycles. The van der Waals surface area contributed by atoms with Crippen molar-refractivity contribution in [1.82, 2.24) is 0 Å². The summed E-state index contributed by atoms with van der Waals surface area (Å²) in [7, 11) is 0. The van der Waals surface area contributed by atoms with Gasteiger partial charge in [-0.1, -0.05) is 37.1 Å². The van der Waals surface area contributed by atoms with Crippen molar-refractivity contribution in [3.05, 3.63) is 50.6 Å². The maximum absolute atomic E-state index is 3.68. The van der Waals surface area contributed by atoms with Gasteiger partial charge in [0.25, 0.3) is 0 Å². The highest BCUT2D eigenvalue weighted by Crippen LogP contribution is 2.05. The van der Waals surface area contributed by atoms with Crippen LogP contribution in [0.25, 0.3) is 0 Å². The van der Waals surface area contributed by atoms with Crippen molar-refractivity contribution in [2.24, 2.45) is 0 Å². The van der Waals surface area contributed by atoms with Crippen LogP contribution in [0, 0.1) is 0 Å². The molecule has 0 atom stereocenters. The molecule has 0 spiro atoms. The predicted octanol–water partition coefficient (Wildman–Crippen LogP) is 6.23. The first kappa shape index (κ1) is 18.3. The molecule has 0 heteroatoms. The van der Waals surface area contributed by atoms with Crippen LogP contribution in [0.3, 0.4) is 0 Å². The molecule has 0 aliphatic rings. The number of unbranched alkanes of at least 4 members (excludes halogenated alkanes) is 7. The Labute approximate surface area is 109 Å². The summed E-state index contributed by atoms with van der Waals surface area (Å²) in [5, 5.41) is 0. The Bertz CT molecular complexity index is 156. The predicted molar refractivity (Wildman–Crippen MR) is 82.3 cm³/mol. The fourth-order valence-electron chi connectivity index (χ4n) is 1.34. The molecule has 98 valence electrons. The first-order chi connectivity index (χ1) is 8.33. The van der Waals surface area contributed by atoms with Crippen molar-refractivity contribution < 1.29 is 0 Å². The second-order valence-corrected chi connectivity index (χ2v) is 4.08. The minimum absolute atomic E-state index is 1.12. The Morgan fingerprint density at radius 3 is 1.00 bits per heavy atom. The zero-order valence-corrected chi connectivity index (χ0v) is 11.5. The van der Waals surface area contributed by atoms with Crippen molar-refractivity contribution in [2.45, 2.75) is 57.8 Å². The molecule has 0 rings (SSSR count). The van der Waals surface area contributed by atoms with Gasteiger partial charge in [-0.2, -0.15) is 0 Å². The van der Waals surface area contributed by atoms with Gasteiger partial charge >= 0.3 is 0 Å². The van der Waals surface area contributed by atoms with Gasteiger partial charge in [0.1, 0.15) is 0 Å². The Balaban J connectivity index is 0. The van der Waals surface area contributed by atoms with E-state index >= 15 is 0 Å². The summed E-state index contributed by atoms with van der Waals surface area (Å²) >= 11 is 0. The SMILES string of the molecule is C=CCCCC=C.C=CCCCCCCC=C. The van der Waals surface area contributed by atoms with Gasteiger partial charge in [0.15, 0.2) is 0 Å². The van der Waals surface area contributed by atoms with E-state index in [1.54, 1.807) is 0 Å².